The molecule has 0 aromatic carbocycles. The van der Waals surface area contributed by atoms with Gasteiger partial charge in [-0.25, -0.2) is 0 Å². The van der Waals surface area contributed by atoms with Crippen molar-refractivity contribution in [1.29, 1.82) is 0 Å². The average molecular weight is 456 g/mol. The van der Waals surface area contributed by atoms with Gasteiger partial charge in [-0.1, -0.05) is 13.5 Å². The molecule has 27 heavy (non-hydrogen) atoms. The molecule has 0 N–H and O–H groups in total. The van der Waals surface area contributed by atoms with Crippen molar-refractivity contribution in [3.8, 4) is 0 Å². The van der Waals surface area contributed by atoms with Gasteiger partial charge in [0.05, 0.1) is 0 Å². The minimum Gasteiger partial charge on any atom is -0.417 e. The number of alkyl halides is 9. The van der Waals surface area contributed by atoms with Crippen LogP contribution in [0.5, 0.6) is 0 Å². The molecule has 0 bridgehead atoms. The fraction of sp³-hybridized carbons (Fsp3) is 0.833. The van der Waals surface area contributed by atoms with Gasteiger partial charge < -0.3 is 8.61 Å². The molecule has 4 nitrogen and oxygen atoms in total. The summed E-state index contributed by atoms with van der Waals surface area (Å²) in [5, 5.41) is -6.92. The standard InChI is InChI=1S/C12H17F9O4SSi/c1-7(6-24-27(3,4)5)8(2)25-26(22,23)12(20,21)10(15,16)9(13,14)11(17,18)19/h7H,2,6H2,1,3-5H3. The maximum Gasteiger partial charge on any atom is 0.460 e. The third kappa shape index (κ3) is 5.31. The molecule has 0 aliphatic heterocycles. The van der Waals surface area contributed by atoms with E-state index in [1.165, 1.54) is 0 Å². The molecule has 0 aromatic heterocycles. The average Bonchev–Trinajstić information content (AvgIpc) is 2.41. The summed E-state index contributed by atoms with van der Waals surface area (Å²) in [4.78, 5) is 0. The largest absolute Gasteiger partial charge is 0.460 e. The molecule has 0 fully saturated rings. The second-order valence-corrected chi connectivity index (χ2v) is 12.6. The van der Waals surface area contributed by atoms with Crippen LogP contribution in [0.4, 0.5) is 39.5 Å². The zero-order valence-corrected chi connectivity index (χ0v) is 16.3. The van der Waals surface area contributed by atoms with E-state index in [4.69, 9.17) is 4.43 Å². The lowest BCUT2D eigenvalue weighted by atomic mass is 10.1. The van der Waals surface area contributed by atoms with Gasteiger partial charge in [0.25, 0.3) is 0 Å². The maximum atomic E-state index is 13.5. The van der Waals surface area contributed by atoms with Gasteiger partial charge in [-0.15, -0.1) is 0 Å². The maximum absolute atomic E-state index is 13.5. The second-order valence-electron chi connectivity index (χ2n) is 6.49. The summed E-state index contributed by atoms with van der Waals surface area (Å²) < 4.78 is 147. The lowest BCUT2D eigenvalue weighted by Gasteiger charge is -2.33. The topological polar surface area (TPSA) is 52.6 Å². The van der Waals surface area contributed by atoms with Crippen LogP contribution in [-0.2, 0) is 18.7 Å². The first-order valence-electron chi connectivity index (χ1n) is 6.98. The third-order valence-electron chi connectivity index (χ3n) is 2.96. The molecule has 0 aliphatic rings. The molecular weight excluding hydrogens is 439 g/mol. The Morgan fingerprint density at radius 1 is 0.963 bits per heavy atom. The Hall–Kier alpha value is -0.963. The van der Waals surface area contributed by atoms with Gasteiger partial charge in [0.1, 0.15) is 5.76 Å². The smallest absolute Gasteiger partial charge is 0.417 e. The highest BCUT2D eigenvalue weighted by atomic mass is 32.2. The molecular formula is C12H17F9O4SSi. The Labute approximate surface area is 150 Å². The normalized spacial score (nSPS) is 16.2. The molecule has 0 spiro atoms. The molecule has 0 saturated heterocycles. The summed E-state index contributed by atoms with van der Waals surface area (Å²) in [6.07, 6.45) is -7.15. The van der Waals surface area contributed by atoms with Gasteiger partial charge in [0.15, 0.2) is 8.32 Å². The lowest BCUT2D eigenvalue weighted by Crippen LogP contribution is -2.63. The first kappa shape index (κ1) is 26.0. The number of halogens is 9. The number of hydrogen-bond acceptors (Lipinski definition) is 4. The minimum absolute atomic E-state index is 0.343. The number of hydrogen-bond donors (Lipinski definition) is 0. The van der Waals surface area contributed by atoms with Gasteiger partial charge in [0.2, 0.25) is 0 Å². The summed E-state index contributed by atoms with van der Waals surface area (Å²) in [6.45, 7) is 8.74. The summed E-state index contributed by atoms with van der Waals surface area (Å²) >= 11 is 0. The van der Waals surface area contributed by atoms with Crippen LogP contribution in [0.3, 0.4) is 0 Å². The quantitative estimate of drug-likeness (QED) is 0.217. The van der Waals surface area contributed by atoms with Crippen LogP contribution in [0.25, 0.3) is 0 Å². The van der Waals surface area contributed by atoms with Gasteiger partial charge in [-0.05, 0) is 19.6 Å². The fourth-order valence-corrected chi connectivity index (χ4v) is 3.00. The van der Waals surface area contributed by atoms with Gasteiger partial charge in [0, 0.05) is 12.5 Å². The molecule has 0 aliphatic carbocycles. The first-order valence-corrected chi connectivity index (χ1v) is 11.8. The molecule has 0 radical (unpaired) electrons. The lowest BCUT2D eigenvalue weighted by molar-refractivity contribution is -0.382. The van der Waals surface area contributed by atoms with Crippen LogP contribution >= 0.6 is 0 Å². The van der Waals surface area contributed by atoms with E-state index in [9.17, 15) is 47.9 Å². The summed E-state index contributed by atoms with van der Waals surface area (Å²) in [5.74, 6) is -17.0. The van der Waals surface area contributed by atoms with Gasteiger partial charge in [-0.3, -0.25) is 0 Å². The van der Waals surface area contributed by atoms with E-state index < -0.39 is 53.4 Å². The molecule has 1 atom stereocenters. The van der Waals surface area contributed by atoms with Crippen LogP contribution in [0, 0.1) is 5.92 Å². The molecule has 15 heteroatoms. The van der Waals surface area contributed by atoms with E-state index in [-0.39, 0.29) is 6.61 Å². The molecule has 0 amide bonds. The van der Waals surface area contributed by atoms with Crippen molar-refractivity contribution in [3.05, 3.63) is 12.3 Å². The molecule has 162 valence electrons. The highest BCUT2D eigenvalue weighted by Crippen LogP contribution is 2.55. The monoisotopic (exact) mass is 456 g/mol. The van der Waals surface area contributed by atoms with E-state index in [0.29, 0.717) is 0 Å². The van der Waals surface area contributed by atoms with Crippen molar-refractivity contribution < 1.29 is 56.5 Å². The van der Waals surface area contributed by atoms with Crippen LogP contribution in [0.2, 0.25) is 19.6 Å². The number of rotatable bonds is 9. The zero-order chi connectivity index (χ0) is 22.3. The minimum atomic E-state index is -7.35. The highest BCUT2D eigenvalue weighted by Gasteiger charge is 2.86. The molecule has 0 saturated carbocycles. The van der Waals surface area contributed by atoms with Crippen molar-refractivity contribution in [2.75, 3.05) is 6.61 Å². The van der Waals surface area contributed by atoms with Crippen LogP contribution in [0.15, 0.2) is 12.3 Å². The van der Waals surface area contributed by atoms with Crippen LogP contribution < -0.4 is 0 Å². The summed E-state index contributed by atoms with van der Waals surface area (Å²) in [7, 11) is -9.14. The SMILES string of the molecule is C=C(OS(=O)(=O)C(F)(F)C(F)(F)C(F)(F)C(F)(F)F)C(C)CO[Si](C)(C)C. The third-order valence-corrected chi connectivity index (χ3v) is 5.31. The Kier molecular flexibility index (Phi) is 7.19. The fourth-order valence-electron chi connectivity index (χ4n) is 1.26. The van der Waals surface area contributed by atoms with E-state index >= 15 is 0 Å². The Bertz CT molecular complexity index is 653. The first-order chi connectivity index (χ1) is 11.5. The molecule has 0 rings (SSSR count). The van der Waals surface area contributed by atoms with Crippen molar-refractivity contribution >= 4 is 18.4 Å². The van der Waals surface area contributed by atoms with Crippen molar-refractivity contribution in [2.45, 2.75) is 49.8 Å². The Morgan fingerprint density at radius 3 is 1.70 bits per heavy atom. The van der Waals surface area contributed by atoms with Crippen LogP contribution in [0.1, 0.15) is 6.92 Å². The molecule has 0 aromatic rings. The Balaban J connectivity index is 5.65. The predicted molar refractivity (Wildman–Crippen MR) is 78.5 cm³/mol. The van der Waals surface area contributed by atoms with Gasteiger partial charge in [-0.2, -0.15) is 47.9 Å². The van der Waals surface area contributed by atoms with E-state index in [1.807, 2.05) is 0 Å². The van der Waals surface area contributed by atoms with Crippen LogP contribution in [-0.4, -0.2) is 46.6 Å². The molecule has 0 heterocycles. The van der Waals surface area contributed by atoms with E-state index in [0.717, 1.165) is 6.92 Å². The zero-order valence-electron chi connectivity index (χ0n) is 14.4. The van der Waals surface area contributed by atoms with Crippen molar-refractivity contribution in [2.24, 2.45) is 5.92 Å². The highest BCUT2D eigenvalue weighted by molar-refractivity contribution is 7.88. The Morgan fingerprint density at radius 2 is 1.37 bits per heavy atom. The van der Waals surface area contributed by atoms with Gasteiger partial charge >= 0.3 is 33.4 Å². The predicted octanol–water partition coefficient (Wildman–Crippen LogP) is 4.76. The summed E-state index contributed by atoms with van der Waals surface area (Å²) in [5.41, 5.74) is 0. The van der Waals surface area contributed by atoms with E-state index in [2.05, 4.69) is 10.8 Å². The van der Waals surface area contributed by atoms with E-state index in [1.54, 1.807) is 19.6 Å². The van der Waals surface area contributed by atoms with Crippen molar-refractivity contribution in [3.63, 3.8) is 0 Å². The summed E-state index contributed by atoms with van der Waals surface area (Å²) in [6, 6.07) is 0. The molecule has 1 unspecified atom stereocenters. The van der Waals surface area contributed by atoms with Crippen molar-refractivity contribution in [1.82, 2.24) is 0 Å². The second kappa shape index (κ2) is 7.46.